The molecule has 1 unspecified atom stereocenters. The molecule has 0 saturated carbocycles. The monoisotopic (exact) mass is 470 g/mol. The largest absolute Gasteiger partial charge is 0.480 e. The number of aromatic nitrogens is 5. The molecule has 11 heteroatoms. The zero-order chi connectivity index (χ0) is 22.5. The molecule has 4 aromatic rings. The highest BCUT2D eigenvalue weighted by molar-refractivity contribution is 7.99. The molecule has 2 aromatic carbocycles. The number of hydrogen-bond acceptors (Lipinski definition) is 8. The van der Waals surface area contributed by atoms with Gasteiger partial charge in [0.2, 0.25) is 11.0 Å². The van der Waals surface area contributed by atoms with Crippen LogP contribution < -0.4 is 10.1 Å². The van der Waals surface area contributed by atoms with Gasteiger partial charge in [0.1, 0.15) is 5.01 Å². The minimum absolute atomic E-state index is 0.103. The lowest BCUT2D eigenvalue weighted by Gasteiger charge is -2.17. The molecular weight excluding hydrogens is 451 g/mol. The number of benzene rings is 2. The van der Waals surface area contributed by atoms with Crippen LogP contribution in [0.4, 0.5) is 9.52 Å². The summed E-state index contributed by atoms with van der Waals surface area (Å²) < 4.78 is 21.7. The quantitative estimate of drug-likeness (QED) is 0.381. The minimum atomic E-state index is -0.591. The van der Waals surface area contributed by atoms with Crippen molar-refractivity contribution >= 4 is 34.1 Å². The topological polar surface area (TPSA) is 94.8 Å². The van der Waals surface area contributed by atoms with E-state index >= 15 is 0 Å². The standard InChI is InChI=1S/C21H19FN6O2S2/c1-13(30-17-11-7-6-10-16(17)22)19-25-27-21(28(19)15-8-4-3-5-9-15)31-12-18(29)23-20-26-24-14(2)32-20/h3-11,13H,12H2,1-2H3,(H,23,26,29). The Kier molecular flexibility index (Phi) is 6.76. The molecule has 1 atom stereocenters. The first-order valence-corrected chi connectivity index (χ1v) is 11.5. The van der Waals surface area contributed by atoms with E-state index in [-0.39, 0.29) is 17.4 Å². The van der Waals surface area contributed by atoms with Crippen LogP contribution >= 0.6 is 23.1 Å². The van der Waals surface area contributed by atoms with Crippen molar-refractivity contribution in [2.75, 3.05) is 11.1 Å². The molecule has 8 nitrogen and oxygen atoms in total. The number of para-hydroxylation sites is 2. The second-order valence-electron chi connectivity index (χ2n) is 6.67. The summed E-state index contributed by atoms with van der Waals surface area (Å²) in [6, 6.07) is 15.7. The summed E-state index contributed by atoms with van der Waals surface area (Å²) in [5.41, 5.74) is 0.805. The number of rotatable bonds is 8. The zero-order valence-corrected chi connectivity index (χ0v) is 18.9. The average Bonchev–Trinajstić information content (AvgIpc) is 3.40. The fourth-order valence-corrected chi connectivity index (χ4v) is 4.24. The molecule has 0 aliphatic carbocycles. The number of nitrogens with one attached hydrogen (secondary N) is 1. The summed E-state index contributed by atoms with van der Waals surface area (Å²) in [6.45, 7) is 3.59. The van der Waals surface area contributed by atoms with Crippen LogP contribution in [-0.2, 0) is 4.79 Å². The summed E-state index contributed by atoms with van der Waals surface area (Å²) in [6.07, 6.45) is -0.591. The first kappa shape index (κ1) is 21.9. The first-order chi connectivity index (χ1) is 15.5. The van der Waals surface area contributed by atoms with E-state index in [0.717, 1.165) is 10.7 Å². The van der Waals surface area contributed by atoms with Gasteiger partial charge < -0.3 is 4.74 Å². The molecule has 0 aliphatic rings. The van der Waals surface area contributed by atoms with Gasteiger partial charge in [0.05, 0.1) is 5.75 Å². The number of thioether (sulfide) groups is 1. The van der Waals surface area contributed by atoms with Gasteiger partial charge in [0.15, 0.2) is 28.7 Å². The maximum atomic E-state index is 14.1. The second kappa shape index (κ2) is 9.88. The Morgan fingerprint density at radius 2 is 1.88 bits per heavy atom. The fraction of sp³-hybridized carbons (Fsp3) is 0.190. The Balaban J connectivity index is 1.55. The molecule has 0 bridgehead atoms. The predicted molar refractivity (Wildman–Crippen MR) is 121 cm³/mol. The fourth-order valence-electron chi connectivity index (χ4n) is 2.87. The van der Waals surface area contributed by atoms with Gasteiger partial charge in [-0.3, -0.25) is 14.7 Å². The lowest BCUT2D eigenvalue weighted by atomic mass is 10.3. The van der Waals surface area contributed by atoms with Crippen LogP contribution in [0.2, 0.25) is 0 Å². The highest BCUT2D eigenvalue weighted by Gasteiger charge is 2.22. The average molecular weight is 471 g/mol. The third-order valence-corrected chi connectivity index (χ3v) is 5.96. The van der Waals surface area contributed by atoms with Gasteiger partial charge in [-0.2, -0.15) is 0 Å². The molecule has 0 fully saturated rings. The Bertz CT molecular complexity index is 1210. The number of ether oxygens (including phenoxy) is 1. The van der Waals surface area contributed by atoms with Gasteiger partial charge in [-0.05, 0) is 38.1 Å². The molecular formula is C21H19FN6O2S2. The van der Waals surface area contributed by atoms with Crippen molar-refractivity contribution in [3.63, 3.8) is 0 Å². The molecule has 0 aliphatic heterocycles. The maximum Gasteiger partial charge on any atom is 0.236 e. The second-order valence-corrected chi connectivity index (χ2v) is 8.79. The van der Waals surface area contributed by atoms with Crippen molar-refractivity contribution in [1.82, 2.24) is 25.0 Å². The molecule has 164 valence electrons. The number of hydrogen-bond donors (Lipinski definition) is 1. The van der Waals surface area contributed by atoms with E-state index < -0.39 is 11.9 Å². The van der Waals surface area contributed by atoms with Gasteiger partial charge in [0, 0.05) is 5.69 Å². The van der Waals surface area contributed by atoms with Crippen LogP contribution in [0.25, 0.3) is 5.69 Å². The minimum Gasteiger partial charge on any atom is -0.480 e. The molecule has 0 spiro atoms. The number of halogens is 1. The Labute approximate surface area is 191 Å². The van der Waals surface area contributed by atoms with Crippen molar-refractivity contribution in [3.8, 4) is 11.4 Å². The van der Waals surface area contributed by atoms with Crippen LogP contribution in [0, 0.1) is 12.7 Å². The van der Waals surface area contributed by atoms with Crippen LogP contribution in [-0.4, -0.2) is 36.6 Å². The van der Waals surface area contributed by atoms with Crippen molar-refractivity contribution < 1.29 is 13.9 Å². The molecule has 32 heavy (non-hydrogen) atoms. The third kappa shape index (κ3) is 5.11. The lowest BCUT2D eigenvalue weighted by Crippen LogP contribution is -2.15. The molecule has 4 rings (SSSR count). The van der Waals surface area contributed by atoms with E-state index in [9.17, 15) is 9.18 Å². The van der Waals surface area contributed by atoms with E-state index in [1.165, 1.54) is 29.2 Å². The van der Waals surface area contributed by atoms with Gasteiger partial charge in [-0.15, -0.1) is 20.4 Å². The van der Waals surface area contributed by atoms with Gasteiger partial charge in [-0.1, -0.05) is 53.4 Å². The predicted octanol–water partition coefficient (Wildman–Crippen LogP) is 4.44. The van der Waals surface area contributed by atoms with E-state index in [4.69, 9.17) is 4.74 Å². The molecule has 1 N–H and O–H groups in total. The van der Waals surface area contributed by atoms with Crippen molar-refractivity contribution in [2.45, 2.75) is 25.1 Å². The van der Waals surface area contributed by atoms with E-state index in [0.29, 0.717) is 16.1 Å². The molecule has 2 heterocycles. The van der Waals surface area contributed by atoms with Gasteiger partial charge >= 0.3 is 0 Å². The summed E-state index contributed by atoms with van der Waals surface area (Å²) in [5.74, 6) is 0.0338. The number of carbonyl (C=O) groups is 1. The van der Waals surface area contributed by atoms with E-state index in [1.54, 1.807) is 29.7 Å². The first-order valence-electron chi connectivity index (χ1n) is 9.66. The SMILES string of the molecule is Cc1nnc(NC(=O)CSc2nnc(C(C)Oc3ccccc3F)n2-c2ccccc2)s1. The molecule has 2 aromatic heterocycles. The lowest BCUT2D eigenvalue weighted by molar-refractivity contribution is -0.113. The normalized spacial score (nSPS) is 11.8. The number of carbonyl (C=O) groups excluding carboxylic acids is 1. The molecule has 0 radical (unpaired) electrons. The number of anilines is 1. The van der Waals surface area contributed by atoms with Crippen molar-refractivity contribution in [2.24, 2.45) is 0 Å². The Morgan fingerprint density at radius 3 is 2.59 bits per heavy atom. The van der Waals surface area contributed by atoms with Crippen molar-refractivity contribution in [1.29, 1.82) is 0 Å². The van der Waals surface area contributed by atoms with Crippen LogP contribution in [0.5, 0.6) is 5.75 Å². The van der Waals surface area contributed by atoms with Gasteiger partial charge in [-0.25, -0.2) is 4.39 Å². The van der Waals surface area contributed by atoms with Crippen LogP contribution in [0.15, 0.2) is 59.8 Å². The summed E-state index contributed by atoms with van der Waals surface area (Å²) in [4.78, 5) is 12.3. The Morgan fingerprint density at radius 1 is 1.12 bits per heavy atom. The number of nitrogens with zero attached hydrogens (tertiary/aromatic N) is 5. The van der Waals surface area contributed by atoms with Crippen LogP contribution in [0.1, 0.15) is 23.9 Å². The zero-order valence-electron chi connectivity index (χ0n) is 17.2. The Hall–Kier alpha value is -3.31. The number of amides is 1. The highest BCUT2D eigenvalue weighted by Crippen LogP contribution is 2.29. The smallest absolute Gasteiger partial charge is 0.236 e. The van der Waals surface area contributed by atoms with Crippen molar-refractivity contribution in [3.05, 3.63) is 71.2 Å². The molecule has 0 saturated heterocycles. The summed E-state index contributed by atoms with van der Waals surface area (Å²) in [7, 11) is 0. The summed E-state index contributed by atoms with van der Waals surface area (Å²) >= 11 is 2.53. The van der Waals surface area contributed by atoms with Gasteiger partial charge in [0.25, 0.3) is 0 Å². The molecule has 1 amide bonds. The summed E-state index contributed by atoms with van der Waals surface area (Å²) in [5, 5.41) is 20.8. The third-order valence-electron chi connectivity index (χ3n) is 4.28. The maximum absolute atomic E-state index is 14.1. The van der Waals surface area contributed by atoms with Crippen LogP contribution in [0.3, 0.4) is 0 Å². The highest BCUT2D eigenvalue weighted by atomic mass is 32.2. The number of aryl methyl sites for hydroxylation is 1. The van der Waals surface area contributed by atoms with E-state index in [2.05, 4.69) is 25.7 Å². The van der Waals surface area contributed by atoms with E-state index in [1.807, 2.05) is 37.3 Å².